The van der Waals surface area contributed by atoms with Crippen molar-refractivity contribution < 1.29 is 27.5 Å². The van der Waals surface area contributed by atoms with Gasteiger partial charge in [-0.25, -0.2) is 8.42 Å². The van der Waals surface area contributed by atoms with Gasteiger partial charge in [-0.3, -0.25) is 9.59 Å². The third kappa shape index (κ3) is 4.22. The number of rotatable bonds is 6. The SMILES string of the molecule is COc1ccc(C=O)cc1OCC(=O)N(C)[C@@H]1CCS(=O)(=O)C1. The molecule has 2 rings (SSSR count). The first-order valence-electron chi connectivity index (χ1n) is 7.08. The predicted molar refractivity (Wildman–Crippen MR) is 83.7 cm³/mol. The molecule has 0 aromatic heterocycles. The van der Waals surface area contributed by atoms with Gasteiger partial charge in [0, 0.05) is 18.7 Å². The molecular formula is C15H19NO6S. The van der Waals surface area contributed by atoms with Gasteiger partial charge < -0.3 is 14.4 Å². The minimum Gasteiger partial charge on any atom is -0.493 e. The van der Waals surface area contributed by atoms with Crippen LogP contribution in [0, 0.1) is 0 Å². The van der Waals surface area contributed by atoms with Crippen LogP contribution in [0.1, 0.15) is 16.8 Å². The number of benzene rings is 1. The van der Waals surface area contributed by atoms with Crippen LogP contribution in [0.4, 0.5) is 0 Å². The van der Waals surface area contributed by atoms with Crippen LogP contribution in [0.3, 0.4) is 0 Å². The number of carbonyl (C=O) groups excluding carboxylic acids is 2. The number of hydrogen-bond donors (Lipinski definition) is 0. The number of hydrogen-bond acceptors (Lipinski definition) is 6. The molecule has 7 nitrogen and oxygen atoms in total. The van der Waals surface area contributed by atoms with Crippen LogP contribution < -0.4 is 9.47 Å². The highest BCUT2D eigenvalue weighted by atomic mass is 32.2. The molecule has 1 atom stereocenters. The minimum absolute atomic E-state index is 0.0147. The highest BCUT2D eigenvalue weighted by molar-refractivity contribution is 7.91. The molecule has 23 heavy (non-hydrogen) atoms. The van der Waals surface area contributed by atoms with Gasteiger partial charge in [-0.05, 0) is 24.6 Å². The van der Waals surface area contributed by atoms with Gasteiger partial charge in [0.05, 0.1) is 18.6 Å². The van der Waals surface area contributed by atoms with E-state index in [4.69, 9.17) is 9.47 Å². The zero-order valence-corrected chi connectivity index (χ0v) is 13.8. The van der Waals surface area contributed by atoms with Gasteiger partial charge in [-0.15, -0.1) is 0 Å². The topological polar surface area (TPSA) is 90.0 Å². The summed E-state index contributed by atoms with van der Waals surface area (Å²) in [7, 11) is -0.0302. The largest absolute Gasteiger partial charge is 0.493 e. The molecule has 1 aromatic carbocycles. The Morgan fingerprint density at radius 3 is 2.70 bits per heavy atom. The second-order valence-corrected chi connectivity index (χ2v) is 7.61. The maximum atomic E-state index is 12.2. The predicted octanol–water partition coefficient (Wildman–Crippen LogP) is 0.532. The first-order valence-corrected chi connectivity index (χ1v) is 8.90. The van der Waals surface area contributed by atoms with E-state index < -0.39 is 9.84 Å². The van der Waals surface area contributed by atoms with Crippen molar-refractivity contribution >= 4 is 22.0 Å². The van der Waals surface area contributed by atoms with Crippen molar-refractivity contribution in [3.63, 3.8) is 0 Å². The zero-order valence-electron chi connectivity index (χ0n) is 13.0. The summed E-state index contributed by atoms with van der Waals surface area (Å²) in [5.74, 6) is 0.461. The van der Waals surface area contributed by atoms with Crippen LogP contribution in [-0.2, 0) is 14.6 Å². The summed E-state index contributed by atoms with van der Waals surface area (Å²) in [4.78, 5) is 24.4. The second kappa shape index (κ2) is 6.99. The summed E-state index contributed by atoms with van der Waals surface area (Å²) < 4.78 is 33.5. The van der Waals surface area contributed by atoms with Crippen molar-refractivity contribution in [3.05, 3.63) is 23.8 Å². The number of ether oxygens (including phenoxy) is 2. The number of sulfone groups is 1. The molecule has 8 heteroatoms. The summed E-state index contributed by atoms with van der Waals surface area (Å²) in [6.45, 7) is -0.258. The lowest BCUT2D eigenvalue weighted by Crippen LogP contribution is -2.40. The third-order valence-electron chi connectivity index (χ3n) is 3.82. The molecule has 0 saturated carbocycles. The number of aldehydes is 1. The fourth-order valence-corrected chi connectivity index (χ4v) is 4.18. The Bertz CT molecular complexity index is 700. The Hall–Kier alpha value is -2.09. The van der Waals surface area contributed by atoms with Gasteiger partial charge in [0.1, 0.15) is 6.29 Å². The molecule has 1 fully saturated rings. The van der Waals surface area contributed by atoms with E-state index >= 15 is 0 Å². The highest BCUT2D eigenvalue weighted by Gasteiger charge is 2.32. The van der Waals surface area contributed by atoms with Crippen LogP contribution in [0.25, 0.3) is 0 Å². The highest BCUT2D eigenvalue weighted by Crippen LogP contribution is 2.27. The van der Waals surface area contributed by atoms with Crippen molar-refractivity contribution in [2.24, 2.45) is 0 Å². The summed E-state index contributed by atoms with van der Waals surface area (Å²) >= 11 is 0. The molecule has 126 valence electrons. The van der Waals surface area contributed by atoms with E-state index in [1.165, 1.54) is 18.1 Å². The van der Waals surface area contributed by atoms with E-state index in [0.717, 1.165) is 0 Å². The lowest BCUT2D eigenvalue weighted by atomic mass is 10.2. The van der Waals surface area contributed by atoms with Gasteiger partial charge >= 0.3 is 0 Å². The van der Waals surface area contributed by atoms with E-state index in [9.17, 15) is 18.0 Å². The summed E-state index contributed by atoms with van der Waals surface area (Å²) in [5, 5.41) is 0. The zero-order chi connectivity index (χ0) is 17.0. The third-order valence-corrected chi connectivity index (χ3v) is 5.57. The van der Waals surface area contributed by atoms with Gasteiger partial charge in [-0.2, -0.15) is 0 Å². The van der Waals surface area contributed by atoms with E-state index in [0.29, 0.717) is 24.0 Å². The molecule has 1 amide bonds. The lowest BCUT2D eigenvalue weighted by Gasteiger charge is -2.23. The molecule has 1 aromatic rings. The van der Waals surface area contributed by atoms with Crippen molar-refractivity contribution in [2.45, 2.75) is 12.5 Å². The van der Waals surface area contributed by atoms with Gasteiger partial charge in [0.25, 0.3) is 5.91 Å². The Labute approximate surface area is 135 Å². The second-order valence-electron chi connectivity index (χ2n) is 5.38. The number of carbonyl (C=O) groups is 2. The number of methoxy groups -OCH3 is 1. The smallest absolute Gasteiger partial charge is 0.260 e. The fourth-order valence-electron chi connectivity index (χ4n) is 2.41. The van der Waals surface area contributed by atoms with E-state index in [1.54, 1.807) is 19.2 Å². The molecule has 0 bridgehead atoms. The first kappa shape index (κ1) is 17.3. The van der Waals surface area contributed by atoms with E-state index in [1.807, 2.05) is 0 Å². The lowest BCUT2D eigenvalue weighted by molar-refractivity contribution is -0.133. The van der Waals surface area contributed by atoms with E-state index in [2.05, 4.69) is 0 Å². The average molecular weight is 341 g/mol. The quantitative estimate of drug-likeness (QED) is 0.701. The van der Waals surface area contributed by atoms with Crippen LogP contribution in [0.15, 0.2) is 18.2 Å². The Morgan fingerprint density at radius 2 is 2.13 bits per heavy atom. The van der Waals surface area contributed by atoms with Crippen molar-refractivity contribution in [1.82, 2.24) is 4.90 Å². The molecule has 1 saturated heterocycles. The first-order chi connectivity index (χ1) is 10.9. The monoisotopic (exact) mass is 341 g/mol. The number of amides is 1. The number of likely N-dealkylation sites (N-methyl/N-ethyl adjacent to an activating group) is 1. The van der Waals surface area contributed by atoms with E-state index in [-0.39, 0.29) is 35.8 Å². The fraction of sp³-hybridized carbons (Fsp3) is 0.467. The molecule has 0 N–H and O–H groups in total. The summed E-state index contributed by atoms with van der Waals surface area (Å²) in [6, 6.07) is 4.32. The van der Waals surface area contributed by atoms with Crippen molar-refractivity contribution in [3.8, 4) is 11.5 Å². The molecule has 1 aliphatic heterocycles. The Morgan fingerprint density at radius 1 is 1.39 bits per heavy atom. The summed E-state index contributed by atoms with van der Waals surface area (Å²) in [5.41, 5.74) is 0.406. The van der Waals surface area contributed by atoms with Crippen LogP contribution in [0.2, 0.25) is 0 Å². The molecule has 0 radical (unpaired) electrons. The number of nitrogens with zero attached hydrogens (tertiary/aromatic N) is 1. The normalized spacial score (nSPS) is 19.1. The Kier molecular flexibility index (Phi) is 5.25. The molecule has 0 aliphatic carbocycles. The maximum absolute atomic E-state index is 12.2. The molecule has 1 aliphatic rings. The van der Waals surface area contributed by atoms with Crippen LogP contribution in [0.5, 0.6) is 11.5 Å². The van der Waals surface area contributed by atoms with Crippen LogP contribution >= 0.6 is 0 Å². The van der Waals surface area contributed by atoms with Gasteiger partial charge in [0.15, 0.2) is 27.9 Å². The van der Waals surface area contributed by atoms with Crippen molar-refractivity contribution in [2.75, 3.05) is 32.3 Å². The van der Waals surface area contributed by atoms with Crippen molar-refractivity contribution in [1.29, 1.82) is 0 Å². The van der Waals surface area contributed by atoms with Gasteiger partial charge in [0.2, 0.25) is 0 Å². The standard InChI is InChI=1S/C15H19NO6S/c1-16(12-5-6-23(19,20)10-12)15(18)9-22-14-7-11(8-17)3-4-13(14)21-2/h3-4,7-8,12H,5-6,9-10H2,1-2H3/t12-/m1/s1. The van der Waals surface area contributed by atoms with Crippen LogP contribution in [-0.4, -0.2) is 63.8 Å². The molecular weight excluding hydrogens is 322 g/mol. The molecule has 0 unspecified atom stereocenters. The molecule has 1 heterocycles. The summed E-state index contributed by atoms with van der Waals surface area (Å²) in [6.07, 6.45) is 1.11. The Balaban J connectivity index is 2.00. The average Bonchev–Trinajstić information content (AvgIpc) is 2.91. The van der Waals surface area contributed by atoms with Gasteiger partial charge in [-0.1, -0.05) is 0 Å². The maximum Gasteiger partial charge on any atom is 0.260 e. The minimum atomic E-state index is -3.05. The molecule has 0 spiro atoms.